The molecule has 0 aromatic heterocycles. The van der Waals surface area contributed by atoms with Crippen molar-refractivity contribution >= 4 is 29.9 Å². The van der Waals surface area contributed by atoms with E-state index in [-0.39, 0.29) is 18.3 Å². The Bertz CT molecular complexity index is 443. The molecule has 0 saturated carbocycles. The maximum Gasteiger partial charge on any atom is 0.254 e. The zero-order valence-electron chi connectivity index (χ0n) is 11.1. The summed E-state index contributed by atoms with van der Waals surface area (Å²) in [7, 11) is 0. The van der Waals surface area contributed by atoms with Gasteiger partial charge in [0.2, 0.25) is 0 Å². The lowest BCUT2D eigenvalue weighted by Crippen LogP contribution is -2.40. The van der Waals surface area contributed by atoms with Crippen molar-refractivity contribution < 1.29 is 4.79 Å². The van der Waals surface area contributed by atoms with Gasteiger partial charge in [0, 0.05) is 23.7 Å². The normalized spacial score (nSPS) is 16.1. The standard InChI is InChI=1S/C14H19ClN2O.ClH/c1-10-2-3-12(15)8-13(10)14(18)17-6-4-11(9-16)5-7-17;/h2-3,8,11H,4-7,9,16H2,1H3;1H. The first kappa shape index (κ1) is 16.3. The number of aryl methyl sites for hydroxylation is 1. The second kappa shape index (κ2) is 7.13. The number of rotatable bonds is 2. The molecule has 1 aromatic rings. The van der Waals surface area contributed by atoms with Crippen LogP contribution in [-0.2, 0) is 0 Å². The van der Waals surface area contributed by atoms with Crippen molar-refractivity contribution in [3.05, 3.63) is 34.3 Å². The summed E-state index contributed by atoms with van der Waals surface area (Å²) < 4.78 is 0. The topological polar surface area (TPSA) is 46.3 Å². The first-order chi connectivity index (χ1) is 8.61. The number of piperidine rings is 1. The van der Waals surface area contributed by atoms with Gasteiger partial charge in [0.25, 0.3) is 5.91 Å². The molecule has 1 aromatic carbocycles. The maximum absolute atomic E-state index is 12.4. The highest BCUT2D eigenvalue weighted by Crippen LogP contribution is 2.21. The van der Waals surface area contributed by atoms with Crippen molar-refractivity contribution in [2.24, 2.45) is 11.7 Å². The van der Waals surface area contributed by atoms with Crippen LogP contribution in [0.4, 0.5) is 0 Å². The van der Waals surface area contributed by atoms with Crippen LogP contribution in [0.15, 0.2) is 18.2 Å². The van der Waals surface area contributed by atoms with Gasteiger partial charge in [0.15, 0.2) is 0 Å². The quantitative estimate of drug-likeness (QED) is 0.913. The number of hydrogen-bond acceptors (Lipinski definition) is 2. The number of nitrogens with zero attached hydrogens (tertiary/aromatic N) is 1. The van der Waals surface area contributed by atoms with Crippen molar-refractivity contribution in [1.29, 1.82) is 0 Å². The molecule has 0 aliphatic carbocycles. The summed E-state index contributed by atoms with van der Waals surface area (Å²) in [6.07, 6.45) is 2.00. The van der Waals surface area contributed by atoms with Crippen LogP contribution >= 0.6 is 24.0 Å². The summed E-state index contributed by atoms with van der Waals surface area (Å²) in [6, 6.07) is 5.46. The minimum Gasteiger partial charge on any atom is -0.339 e. The zero-order chi connectivity index (χ0) is 13.1. The second-order valence-electron chi connectivity index (χ2n) is 4.93. The fraction of sp³-hybridized carbons (Fsp3) is 0.500. The molecular weight excluding hydrogens is 283 g/mol. The molecular formula is C14H20Cl2N2O. The molecule has 19 heavy (non-hydrogen) atoms. The Morgan fingerprint density at radius 1 is 1.42 bits per heavy atom. The Morgan fingerprint density at radius 3 is 2.63 bits per heavy atom. The van der Waals surface area contributed by atoms with Crippen LogP contribution in [0.1, 0.15) is 28.8 Å². The van der Waals surface area contributed by atoms with E-state index in [0.717, 1.165) is 38.0 Å². The number of amides is 1. The molecule has 1 aliphatic heterocycles. The van der Waals surface area contributed by atoms with Gasteiger partial charge in [-0.15, -0.1) is 12.4 Å². The van der Waals surface area contributed by atoms with E-state index in [4.69, 9.17) is 17.3 Å². The molecule has 0 unspecified atom stereocenters. The Hall–Kier alpha value is -0.770. The van der Waals surface area contributed by atoms with E-state index in [0.29, 0.717) is 16.5 Å². The van der Waals surface area contributed by atoms with Gasteiger partial charge in [-0.05, 0) is 49.9 Å². The molecule has 5 heteroatoms. The summed E-state index contributed by atoms with van der Waals surface area (Å²) in [6.45, 7) is 4.26. The average molecular weight is 303 g/mol. The molecule has 0 bridgehead atoms. The number of hydrogen-bond donors (Lipinski definition) is 1. The Labute approximate surface area is 125 Å². The third-order valence-electron chi connectivity index (χ3n) is 3.67. The molecule has 3 nitrogen and oxygen atoms in total. The van der Waals surface area contributed by atoms with Crippen LogP contribution in [0.5, 0.6) is 0 Å². The lowest BCUT2D eigenvalue weighted by atomic mass is 9.96. The van der Waals surface area contributed by atoms with Gasteiger partial charge in [0.1, 0.15) is 0 Å². The van der Waals surface area contributed by atoms with E-state index >= 15 is 0 Å². The highest BCUT2D eigenvalue weighted by Gasteiger charge is 2.23. The first-order valence-electron chi connectivity index (χ1n) is 6.37. The molecule has 2 rings (SSSR count). The zero-order valence-corrected chi connectivity index (χ0v) is 12.6. The van der Waals surface area contributed by atoms with Gasteiger partial charge >= 0.3 is 0 Å². The SMILES string of the molecule is Cc1ccc(Cl)cc1C(=O)N1CCC(CN)CC1.Cl. The number of carbonyl (C=O) groups is 1. The minimum atomic E-state index is 0. The fourth-order valence-corrected chi connectivity index (χ4v) is 2.54. The number of benzene rings is 1. The van der Waals surface area contributed by atoms with Crippen molar-refractivity contribution in [2.45, 2.75) is 19.8 Å². The van der Waals surface area contributed by atoms with Crippen molar-refractivity contribution in [2.75, 3.05) is 19.6 Å². The summed E-state index contributed by atoms with van der Waals surface area (Å²) in [4.78, 5) is 14.3. The summed E-state index contributed by atoms with van der Waals surface area (Å²) in [5, 5.41) is 0.612. The maximum atomic E-state index is 12.4. The smallest absolute Gasteiger partial charge is 0.254 e. The van der Waals surface area contributed by atoms with Gasteiger partial charge < -0.3 is 10.6 Å². The predicted octanol–water partition coefficient (Wildman–Crippen LogP) is 2.88. The minimum absolute atomic E-state index is 0. The molecule has 0 spiro atoms. The first-order valence-corrected chi connectivity index (χ1v) is 6.75. The van der Waals surface area contributed by atoms with Crippen LogP contribution in [-0.4, -0.2) is 30.4 Å². The monoisotopic (exact) mass is 302 g/mol. The Kier molecular flexibility index (Phi) is 6.11. The molecule has 0 atom stereocenters. The third-order valence-corrected chi connectivity index (χ3v) is 3.90. The molecule has 1 amide bonds. The molecule has 1 saturated heterocycles. The summed E-state index contributed by atoms with van der Waals surface area (Å²) >= 11 is 5.96. The van der Waals surface area contributed by atoms with Crippen LogP contribution in [0.3, 0.4) is 0 Å². The molecule has 1 fully saturated rings. The second-order valence-corrected chi connectivity index (χ2v) is 5.37. The van der Waals surface area contributed by atoms with Gasteiger partial charge in [-0.25, -0.2) is 0 Å². The number of carbonyl (C=O) groups excluding carboxylic acids is 1. The lowest BCUT2D eigenvalue weighted by molar-refractivity contribution is 0.0692. The molecule has 0 radical (unpaired) electrons. The molecule has 1 heterocycles. The lowest BCUT2D eigenvalue weighted by Gasteiger charge is -2.31. The van der Waals surface area contributed by atoms with Gasteiger partial charge in [0.05, 0.1) is 0 Å². The van der Waals surface area contributed by atoms with Gasteiger partial charge in [-0.3, -0.25) is 4.79 Å². The van der Waals surface area contributed by atoms with E-state index in [1.54, 1.807) is 6.07 Å². The van der Waals surface area contributed by atoms with Gasteiger partial charge in [-0.2, -0.15) is 0 Å². The summed E-state index contributed by atoms with van der Waals surface area (Å²) in [5.74, 6) is 0.653. The molecule has 1 aliphatic rings. The van der Waals surface area contributed by atoms with Crippen LogP contribution in [0.2, 0.25) is 5.02 Å². The number of nitrogens with two attached hydrogens (primary N) is 1. The van der Waals surface area contributed by atoms with E-state index in [9.17, 15) is 4.79 Å². The summed E-state index contributed by atoms with van der Waals surface area (Å²) in [5.41, 5.74) is 7.35. The Morgan fingerprint density at radius 2 is 2.05 bits per heavy atom. The highest BCUT2D eigenvalue weighted by molar-refractivity contribution is 6.31. The Balaban J connectivity index is 0.00000180. The number of likely N-dealkylation sites (tertiary alicyclic amines) is 1. The average Bonchev–Trinajstić information content (AvgIpc) is 2.41. The van der Waals surface area contributed by atoms with Crippen LogP contribution in [0.25, 0.3) is 0 Å². The fourth-order valence-electron chi connectivity index (χ4n) is 2.37. The van der Waals surface area contributed by atoms with E-state index < -0.39 is 0 Å². The van der Waals surface area contributed by atoms with Crippen LogP contribution in [0, 0.1) is 12.8 Å². The van der Waals surface area contributed by atoms with Crippen molar-refractivity contribution in [1.82, 2.24) is 4.90 Å². The molecule has 106 valence electrons. The highest BCUT2D eigenvalue weighted by atomic mass is 35.5. The molecule has 2 N–H and O–H groups in total. The van der Waals surface area contributed by atoms with Gasteiger partial charge in [-0.1, -0.05) is 17.7 Å². The largest absolute Gasteiger partial charge is 0.339 e. The van der Waals surface area contributed by atoms with Crippen LogP contribution < -0.4 is 5.73 Å². The van der Waals surface area contributed by atoms with Crippen molar-refractivity contribution in [3.63, 3.8) is 0 Å². The van der Waals surface area contributed by atoms with Crippen molar-refractivity contribution in [3.8, 4) is 0 Å². The van der Waals surface area contributed by atoms with E-state index in [1.807, 2.05) is 24.0 Å². The van der Waals surface area contributed by atoms with E-state index in [1.165, 1.54) is 0 Å². The van der Waals surface area contributed by atoms with E-state index in [2.05, 4.69) is 0 Å². The predicted molar refractivity (Wildman–Crippen MR) is 81.1 cm³/mol. The number of halogens is 2. The third kappa shape index (κ3) is 3.85.